The highest BCUT2D eigenvalue weighted by Crippen LogP contribution is 2.52. The van der Waals surface area contributed by atoms with Gasteiger partial charge in [-0.3, -0.25) is 4.90 Å². The van der Waals surface area contributed by atoms with Crippen LogP contribution < -0.4 is 5.32 Å². The smallest absolute Gasteiger partial charge is 0.0106 e. The van der Waals surface area contributed by atoms with E-state index in [1.165, 1.54) is 58.3 Å². The van der Waals surface area contributed by atoms with Crippen LogP contribution in [0, 0.1) is 16.7 Å². The van der Waals surface area contributed by atoms with Gasteiger partial charge in [0.25, 0.3) is 0 Å². The molecule has 2 unspecified atom stereocenters. The van der Waals surface area contributed by atoms with Crippen molar-refractivity contribution in [3.63, 3.8) is 0 Å². The molecule has 0 aromatic heterocycles. The molecule has 0 aromatic rings. The van der Waals surface area contributed by atoms with Gasteiger partial charge in [0.1, 0.15) is 0 Å². The molecule has 0 radical (unpaired) electrons. The van der Waals surface area contributed by atoms with Crippen molar-refractivity contribution in [2.75, 3.05) is 26.2 Å². The Balaban J connectivity index is 1.64. The lowest BCUT2D eigenvalue weighted by Gasteiger charge is -2.40. The zero-order chi connectivity index (χ0) is 12.8. The van der Waals surface area contributed by atoms with Crippen molar-refractivity contribution in [1.82, 2.24) is 10.2 Å². The van der Waals surface area contributed by atoms with E-state index in [0.29, 0.717) is 10.8 Å². The molecule has 2 nitrogen and oxygen atoms in total. The van der Waals surface area contributed by atoms with Gasteiger partial charge in [-0.15, -0.1) is 0 Å². The third-order valence-corrected chi connectivity index (χ3v) is 5.47. The van der Waals surface area contributed by atoms with Crippen LogP contribution in [0.4, 0.5) is 0 Å². The Morgan fingerprint density at radius 3 is 2.56 bits per heavy atom. The standard InChI is InChI=1S/C16H30N2/c1-15(2)8-14-9-16(3,11-15)12-18(14)10-13-4-6-17-7-5-13/h13-14,17H,4-12H2,1-3H3. The summed E-state index contributed by atoms with van der Waals surface area (Å²) in [6.45, 7) is 12.7. The summed E-state index contributed by atoms with van der Waals surface area (Å²) in [7, 11) is 0. The van der Waals surface area contributed by atoms with Gasteiger partial charge in [0, 0.05) is 19.1 Å². The molecule has 1 N–H and O–H groups in total. The van der Waals surface area contributed by atoms with Crippen LogP contribution in [-0.2, 0) is 0 Å². The molecular weight excluding hydrogens is 220 g/mol. The first-order valence-corrected chi connectivity index (χ1v) is 7.91. The van der Waals surface area contributed by atoms with E-state index >= 15 is 0 Å². The van der Waals surface area contributed by atoms with E-state index < -0.39 is 0 Å². The molecule has 0 amide bonds. The van der Waals surface area contributed by atoms with Gasteiger partial charge in [-0.1, -0.05) is 20.8 Å². The van der Waals surface area contributed by atoms with E-state index in [9.17, 15) is 0 Å². The Morgan fingerprint density at radius 1 is 1.11 bits per heavy atom. The quantitative estimate of drug-likeness (QED) is 0.810. The topological polar surface area (TPSA) is 15.3 Å². The second-order valence-corrected chi connectivity index (χ2v) is 8.34. The Bertz CT molecular complexity index is 306. The maximum atomic E-state index is 3.49. The number of rotatable bonds is 2. The lowest BCUT2D eigenvalue weighted by Crippen LogP contribution is -2.39. The van der Waals surface area contributed by atoms with Crippen LogP contribution in [0.1, 0.15) is 52.9 Å². The minimum Gasteiger partial charge on any atom is -0.317 e. The minimum atomic E-state index is 0.570. The number of likely N-dealkylation sites (tertiary alicyclic amines) is 1. The highest BCUT2D eigenvalue weighted by atomic mass is 15.2. The molecule has 2 bridgehead atoms. The number of fused-ring (bicyclic) bond motifs is 2. The van der Waals surface area contributed by atoms with E-state index in [0.717, 1.165) is 12.0 Å². The zero-order valence-corrected chi connectivity index (χ0v) is 12.5. The van der Waals surface area contributed by atoms with Crippen LogP contribution in [0.15, 0.2) is 0 Å². The van der Waals surface area contributed by atoms with Crippen molar-refractivity contribution in [3.8, 4) is 0 Å². The first kappa shape index (κ1) is 12.9. The molecule has 3 rings (SSSR count). The first-order chi connectivity index (χ1) is 8.46. The molecule has 18 heavy (non-hydrogen) atoms. The van der Waals surface area contributed by atoms with Gasteiger partial charge in [-0.2, -0.15) is 0 Å². The average Bonchev–Trinajstić information content (AvgIpc) is 2.49. The fraction of sp³-hybridized carbons (Fsp3) is 1.00. The van der Waals surface area contributed by atoms with Gasteiger partial charge in [-0.05, 0) is 61.9 Å². The highest BCUT2D eigenvalue weighted by Gasteiger charge is 2.49. The van der Waals surface area contributed by atoms with Crippen molar-refractivity contribution >= 4 is 0 Å². The number of piperidine rings is 1. The summed E-state index contributed by atoms with van der Waals surface area (Å²) in [4.78, 5) is 2.85. The summed E-state index contributed by atoms with van der Waals surface area (Å²) in [5, 5.41) is 3.49. The molecule has 2 heterocycles. The lowest BCUT2D eigenvalue weighted by atomic mass is 9.65. The third-order valence-electron chi connectivity index (χ3n) is 5.47. The summed E-state index contributed by atoms with van der Waals surface area (Å²) in [6, 6.07) is 0.883. The van der Waals surface area contributed by atoms with Gasteiger partial charge in [0.2, 0.25) is 0 Å². The second kappa shape index (κ2) is 4.49. The predicted molar refractivity (Wildman–Crippen MR) is 76.7 cm³/mol. The van der Waals surface area contributed by atoms with Gasteiger partial charge >= 0.3 is 0 Å². The summed E-state index contributed by atoms with van der Waals surface area (Å²) < 4.78 is 0. The molecule has 1 aliphatic carbocycles. The van der Waals surface area contributed by atoms with Crippen LogP contribution >= 0.6 is 0 Å². The van der Waals surface area contributed by atoms with E-state index in [4.69, 9.17) is 0 Å². The zero-order valence-electron chi connectivity index (χ0n) is 12.5. The monoisotopic (exact) mass is 250 g/mol. The van der Waals surface area contributed by atoms with Crippen LogP contribution in [0.5, 0.6) is 0 Å². The molecule has 2 saturated heterocycles. The van der Waals surface area contributed by atoms with Crippen molar-refractivity contribution < 1.29 is 0 Å². The molecule has 1 saturated carbocycles. The van der Waals surface area contributed by atoms with Crippen molar-refractivity contribution in [2.24, 2.45) is 16.7 Å². The Morgan fingerprint density at radius 2 is 1.83 bits per heavy atom. The molecule has 104 valence electrons. The maximum absolute atomic E-state index is 3.49. The molecule has 0 aromatic carbocycles. The van der Waals surface area contributed by atoms with Crippen molar-refractivity contribution in [2.45, 2.75) is 58.9 Å². The highest BCUT2D eigenvalue weighted by molar-refractivity contribution is 5.02. The fourth-order valence-corrected chi connectivity index (χ4v) is 5.19. The Labute approximate surface area is 113 Å². The Kier molecular flexibility index (Phi) is 3.22. The molecule has 0 spiro atoms. The van der Waals surface area contributed by atoms with E-state index in [1.807, 2.05) is 0 Å². The van der Waals surface area contributed by atoms with Crippen LogP contribution in [0.3, 0.4) is 0 Å². The summed E-state index contributed by atoms with van der Waals surface area (Å²) in [5.74, 6) is 0.956. The third kappa shape index (κ3) is 2.60. The van der Waals surface area contributed by atoms with Gasteiger partial charge in [0.05, 0.1) is 0 Å². The van der Waals surface area contributed by atoms with Crippen LogP contribution in [0.25, 0.3) is 0 Å². The maximum Gasteiger partial charge on any atom is 0.0106 e. The summed E-state index contributed by atoms with van der Waals surface area (Å²) in [5.41, 5.74) is 1.18. The molecular formula is C16H30N2. The van der Waals surface area contributed by atoms with Gasteiger partial charge in [0.15, 0.2) is 0 Å². The SMILES string of the molecule is CC1(C)CC2CC(C)(CN2CC2CCNCC2)C1. The normalized spacial score (nSPS) is 41.2. The minimum absolute atomic E-state index is 0.570. The molecule has 2 heteroatoms. The van der Waals surface area contributed by atoms with Crippen molar-refractivity contribution in [1.29, 1.82) is 0 Å². The fourth-order valence-electron chi connectivity index (χ4n) is 5.19. The first-order valence-electron chi connectivity index (χ1n) is 7.91. The predicted octanol–water partition coefficient (Wildman–Crippen LogP) is 2.89. The average molecular weight is 250 g/mol. The molecule has 3 aliphatic rings. The summed E-state index contributed by atoms with van der Waals surface area (Å²) >= 11 is 0. The largest absolute Gasteiger partial charge is 0.317 e. The van der Waals surface area contributed by atoms with Crippen LogP contribution in [-0.4, -0.2) is 37.1 Å². The van der Waals surface area contributed by atoms with E-state index in [-0.39, 0.29) is 0 Å². The van der Waals surface area contributed by atoms with Gasteiger partial charge < -0.3 is 5.32 Å². The van der Waals surface area contributed by atoms with E-state index in [2.05, 4.69) is 31.0 Å². The second-order valence-electron chi connectivity index (χ2n) is 8.34. The molecule has 2 atom stereocenters. The molecule has 3 fully saturated rings. The summed E-state index contributed by atoms with van der Waals surface area (Å²) in [6.07, 6.45) is 7.10. The Hall–Kier alpha value is -0.0800. The lowest BCUT2D eigenvalue weighted by molar-refractivity contribution is 0.122. The van der Waals surface area contributed by atoms with E-state index in [1.54, 1.807) is 0 Å². The number of hydrogen-bond acceptors (Lipinski definition) is 2. The van der Waals surface area contributed by atoms with Crippen molar-refractivity contribution in [3.05, 3.63) is 0 Å². The number of nitrogens with one attached hydrogen (secondary N) is 1. The number of nitrogens with zero attached hydrogens (tertiary/aromatic N) is 1. The molecule has 2 aliphatic heterocycles. The number of hydrogen-bond donors (Lipinski definition) is 1. The van der Waals surface area contributed by atoms with Gasteiger partial charge in [-0.25, -0.2) is 0 Å². The van der Waals surface area contributed by atoms with Crippen LogP contribution in [0.2, 0.25) is 0 Å².